The summed E-state index contributed by atoms with van der Waals surface area (Å²) < 4.78 is 15.1. The molecule has 5 heteroatoms. The molecular weight excluding hydrogens is 279 g/mol. The summed E-state index contributed by atoms with van der Waals surface area (Å²) in [7, 11) is 0. The summed E-state index contributed by atoms with van der Waals surface area (Å²) in [6.45, 7) is 2.49. The average molecular weight is 292 g/mol. The van der Waals surface area contributed by atoms with Gasteiger partial charge in [-0.1, -0.05) is 41.6 Å². The van der Waals surface area contributed by atoms with Crippen molar-refractivity contribution in [3.05, 3.63) is 71.2 Å². The van der Waals surface area contributed by atoms with E-state index in [1.54, 1.807) is 16.8 Å². The molecule has 0 saturated carbocycles. The van der Waals surface area contributed by atoms with Gasteiger partial charge in [0, 0.05) is 5.56 Å². The van der Waals surface area contributed by atoms with Gasteiger partial charge in [-0.2, -0.15) is 5.26 Å². The molecule has 3 rings (SSSR count). The van der Waals surface area contributed by atoms with E-state index in [2.05, 4.69) is 10.3 Å². The molecule has 108 valence electrons. The lowest BCUT2D eigenvalue weighted by Gasteiger charge is -2.09. The van der Waals surface area contributed by atoms with Gasteiger partial charge >= 0.3 is 0 Å². The Balaban J connectivity index is 2.09. The van der Waals surface area contributed by atoms with Gasteiger partial charge in [0.25, 0.3) is 0 Å². The van der Waals surface area contributed by atoms with E-state index in [1.807, 2.05) is 37.3 Å². The van der Waals surface area contributed by atoms with E-state index >= 15 is 0 Å². The van der Waals surface area contributed by atoms with Crippen molar-refractivity contribution in [2.75, 3.05) is 0 Å². The molecule has 4 nitrogen and oxygen atoms in total. The van der Waals surface area contributed by atoms with Gasteiger partial charge in [-0.05, 0) is 30.2 Å². The number of hydrogen-bond donors (Lipinski definition) is 0. The largest absolute Gasteiger partial charge is 0.239 e. The fourth-order valence-electron chi connectivity index (χ4n) is 2.37. The van der Waals surface area contributed by atoms with Crippen LogP contribution in [0, 0.1) is 24.1 Å². The molecule has 0 aliphatic rings. The van der Waals surface area contributed by atoms with Crippen molar-refractivity contribution in [1.29, 1.82) is 5.26 Å². The van der Waals surface area contributed by atoms with Crippen LogP contribution in [0.4, 0.5) is 4.39 Å². The lowest BCUT2D eigenvalue weighted by atomic mass is 10.1. The molecule has 1 aromatic heterocycles. The molecule has 2 aromatic carbocycles. The van der Waals surface area contributed by atoms with E-state index in [0.29, 0.717) is 17.8 Å². The lowest BCUT2D eigenvalue weighted by molar-refractivity contribution is 0.626. The molecule has 0 N–H and O–H groups in total. The molecule has 22 heavy (non-hydrogen) atoms. The standard InChI is InChI=1S/C17H13FN4/c1-12-5-2-3-6-14(12)11-22-17(16(10-19)20-21-22)13-7-4-8-15(18)9-13/h2-9H,11H2,1H3. The second-order valence-corrected chi connectivity index (χ2v) is 4.99. The van der Waals surface area contributed by atoms with Crippen LogP contribution in [0.3, 0.4) is 0 Å². The van der Waals surface area contributed by atoms with E-state index in [1.165, 1.54) is 12.1 Å². The van der Waals surface area contributed by atoms with Crippen molar-refractivity contribution in [3.63, 3.8) is 0 Å². The third-order valence-corrected chi connectivity index (χ3v) is 3.52. The summed E-state index contributed by atoms with van der Waals surface area (Å²) in [5.41, 5.74) is 3.52. The Morgan fingerprint density at radius 3 is 2.73 bits per heavy atom. The number of nitrogens with zero attached hydrogens (tertiary/aromatic N) is 4. The zero-order valence-corrected chi connectivity index (χ0v) is 12.0. The van der Waals surface area contributed by atoms with Crippen LogP contribution < -0.4 is 0 Å². The fraction of sp³-hybridized carbons (Fsp3) is 0.118. The highest BCUT2D eigenvalue weighted by Gasteiger charge is 2.16. The summed E-state index contributed by atoms with van der Waals surface area (Å²) in [6.07, 6.45) is 0. The molecule has 0 radical (unpaired) electrons. The number of benzene rings is 2. The third-order valence-electron chi connectivity index (χ3n) is 3.52. The normalized spacial score (nSPS) is 10.4. The summed E-state index contributed by atoms with van der Waals surface area (Å²) >= 11 is 0. The van der Waals surface area contributed by atoms with Crippen molar-refractivity contribution in [3.8, 4) is 17.3 Å². The minimum atomic E-state index is -0.356. The first-order valence-corrected chi connectivity index (χ1v) is 6.83. The second-order valence-electron chi connectivity index (χ2n) is 4.99. The van der Waals surface area contributed by atoms with Crippen LogP contribution in [0.1, 0.15) is 16.8 Å². The Morgan fingerprint density at radius 1 is 1.18 bits per heavy atom. The SMILES string of the molecule is Cc1ccccc1Cn1nnc(C#N)c1-c1cccc(F)c1. The minimum Gasteiger partial charge on any atom is -0.239 e. The maximum atomic E-state index is 13.5. The summed E-state index contributed by atoms with van der Waals surface area (Å²) in [6, 6.07) is 16.1. The van der Waals surface area contributed by atoms with Crippen LogP contribution in [0.2, 0.25) is 0 Å². The zero-order valence-electron chi connectivity index (χ0n) is 12.0. The van der Waals surface area contributed by atoms with Crippen LogP contribution in [-0.2, 0) is 6.54 Å². The van der Waals surface area contributed by atoms with Gasteiger partial charge in [0.05, 0.1) is 6.54 Å². The Bertz CT molecular complexity index is 861. The smallest absolute Gasteiger partial charge is 0.190 e. The Kier molecular flexibility index (Phi) is 3.67. The third kappa shape index (κ3) is 2.59. The van der Waals surface area contributed by atoms with Crippen molar-refractivity contribution in [1.82, 2.24) is 15.0 Å². The van der Waals surface area contributed by atoms with Gasteiger partial charge < -0.3 is 0 Å². The highest BCUT2D eigenvalue weighted by molar-refractivity contribution is 5.64. The minimum absolute atomic E-state index is 0.194. The average Bonchev–Trinajstić information content (AvgIpc) is 2.92. The van der Waals surface area contributed by atoms with Gasteiger partial charge in [0.2, 0.25) is 0 Å². The van der Waals surface area contributed by atoms with Crippen molar-refractivity contribution in [2.45, 2.75) is 13.5 Å². The molecule has 0 spiro atoms. The fourth-order valence-corrected chi connectivity index (χ4v) is 2.37. The summed E-state index contributed by atoms with van der Waals surface area (Å²) in [5.74, 6) is -0.356. The van der Waals surface area contributed by atoms with Gasteiger partial charge in [0.1, 0.15) is 17.6 Å². The van der Waals surface area contributed by atoms with Crippen LogP contribution in [0.15, 0.2) is 48.5 Å². The number of aryl methyl sites for hydroxylation is 1. The molecule has 0 fully saturated rings. The first-order chi connectivity index (χ1) is 10.7. The zero-order chi connectivity index (χ0) is 15.5. The summed E-state index contributed by atoms with van der Waals surface area (Å²) in [4.78, 5) is 0. The number of nitriles is 1. The van der Waals surface area contributed by atoms with E-state index < -0.39 is 0 Å². The highest BCUT2D eigenvalue weighted by atomic mass is 19.1. The maximum absolute atomic E-state index is 13.5. The number of halogens is 1. The van der Waals surface area contributed by atoms with Crippen molar-refractivity contribution in [2.24, 2.45) is 0 Å². The predicted molar refractivity (Wildman–Crippen MR) is 80.4 cm³/mol. The second kappa shape index (κ2) is 5.78. The molecule has 1 heterocycles. The monoisotopic (exact) mass is 292 g/mol. The molecule has 0 amide bonds. The van der Waals surface area contributed by atoms with E-state index in [4.69, 9.17) is 0 Å². The molecule has 0 atom stereocenters. The van der Waals surface area contributed by atoms with Crippen LogP contribution in [0.25, 0.3) is 11.3 Å². The topological polar surface area (TPSA) is 54.5 Å². The molecule has 0 bridgehead atoms. The maximum Gasteiger partial charge on any atom is 0.190 e. The molecule has 0 aliphatic heterocycles. The Labute approximate surface area is 127 Å². The number of aromatic nitrogens is 3. The number of rotatable bonds is 3. The first-order valence-electron chi connectivity index (χ1n) is 6.83. The molecule has 0 saturated heterocycles. The highest BCUT2D eigenvalue weighted by Crippen LogP contribution is 2.24. The van der Waals surface area contributed by atoms with E-state index in [9.17, 15) is 9.65 Å². The van der Waals surface area contributed by atoms with Gasteiger partial charge in [-0.3, -0.25) is 0 Å². The van der Waals surface area contributed by atoms with Gasteiger partial charge in [-0.15, -0.1) is 5.10 Å². The van der Waals surface area contributed by atoms with Crippen LogP contribution in [0.5, 0.6) is 0 Å². The Hall–Kier alpha value is -3.00. The van der Waals surface area contributed by atoms with Crippen LogP contribution in [-0.4, -0.2) is 15.0 Å². The Morgan fingerprint density at radius 2 is 2.00 bits per heavy atom. The predicted octanol–water partition coefficient (Wildman–Crippen LogP) is 3.31. The molecular formula is C17H13FN4. The summed E-state index contributed by atoms with van der Waals surface area (Å²) in [5, 5.41) is 17.2. The molecule has 3 aromatic rings. The van der Waals surface area contributed by atoms with Crippen molar-refractivity contribution >= 4 is 0 Å². The quantitative estimate of drug-likeness (QED) is 0.744. The van der Waals surface area contributed by atoms with E-state index in [-0.39, 0.29) is 11.5 Å². The van der Waals surface area contributed by atoms with Gasteiger partial charge in [0.15, 0.2) is 5.69 Å². The first kappa shape index (κ1) is 14.0. The number of hydrogen-bond acceptors (Lipinski definition) is 3. The molecule has 0 aliphatic carbocycles. The van der Waals surface area contributed by atoms with E-state index in [0.717, 1.165) is 11.1 Å². The van der Waals surface area contributed by atoms with Gasteiger partial charge in [-0.25, -0.2) is 9.07 Å². The molecule has 0 unspecified atom stereocenters. The van der Waals surface area contributed by atoms with Crippen LogP contribution >= 0.6 is 0 Å². The van der Waals surface area contributed by atoms with Crippen molar-refractivity contribution < 1.29 is 4.39 Å². The lowest BCUT2D eigenvalue weighted by Crippen LogP contribution is -2.05.